The average Bonchev–Trinajstić information content (AvgIpc) is 3.43. The van der Waals surface area contributed by atoms with Crippen LogP contribution in [0.4, 0.5) is 5.69 Å². The third-order valence-electron chi connectivity index (χ3n) is 8.74. The molecule has 2 aromatic rings. The van der Waals surface area contributed by atoms with Gasteiger partial charge in [0.25, 0.3) is 0 Å². The standard InChI is InChI=1S/C31H35N3O7S/c1-15-7-5-9-20(16(15)2)13-33-14-22(12-23(33)28(36)32-21-10-6-8-19(11-21)30(38)39)42-27-17(3)25-24(18(4)35)29(37)34(25)26(27)31(40)41/h5-11,17-18,22-25,35H,12-14H2,1-4H3,(H,32,36)(H,38,39)(H,40,41)/t17-,18-,22+,23+,24-,25-/m1/s1. The Kier molecular flexibility index (Phi) is 8.19. The van der Waals surface area contributed by atoms with Gasteiger partial charge in [-0.25, -0.2) is 9.59 Å². The molecule has 11 heteroatoms. The van der Waals surface area contributed by atoms with Gasteiger partial charge in [0.1, 0.15) is 5.70 Å². The van der Waals surface area contributed by atoms with Crippen molar-refractivity contribution in [2.75, 3.05) is 11.9 Å². The number of aliphatic hydroxyl groups excluding tert-OH is 1. The van der Waals surface area contributed by atoms with Gasteiger partial charge in [-0.1, -0.05) is 31.2 Å². The van der Waals surface area contributed by atoms with Crippen LogP contribution in [0, 0.1) is 25.7 Å². The number of carbonyl (C=O) groups excluding carboxylic acids is 2. The van der Waals surface area contributed by atoms with Crippen LogP contribution in [0.5, 0.6) is 0 Å². The number of hydrogen-bond acceptors (Lipinski definition) is 7. The van der Waals surface area contributed by atoms with E-state index in [9.17, 15) is 34.5 Å². The summed E-state index contributed by atoms with van der Waals surface area (Å²) in [4.78, 5) is 54.2. The maximum Gasteiger partial charge on any atom is 0.353 e. The van der Waals surface area contributed by atoms with Crippen LogP contribution in [-0.4, -0.2) is 78.9 Å². The van der Waals surface area contributed by atoms with E-state index in [4.69, 9.17) is 0 Å². The average molecular weight is 594 g/mol. The first-order valence-corrected chi connectivity index (χ1v) is 14.9. The van der Waals surface area contributed by atoms with Crippen molar-refractivity contribution in [3.8, 4) is 0 Å². The second-order valence-electron chi connectivity index (χ2n) is 11.4. The highest BCUT2D eigenvalue weighted by atomic mass is 32.2. The minimum atomic E-state index is -1.18. The molecule has 2 saturated heterocycles. The predicted molar refractivity (Wildman–Crippen MR) is 158 cm³/mol. The predicted octanol–water partition coefficient (Wildman–Crippen LogP) is 3.47. The zero-order valence-corrected chi connectivity index (χ0v) is 24.7. The van der Waals surface area contributed by atoms with Crippen LogP contribution < -0.4 is 5.32 Å². The van der Waals surface area contributed by atoms with Crippen molar-refractivity contribution < 1.29 is 34.5 Å². The molecule has 3 aliphatic heterocycles. The van der Waals surface area contributed by atoms with E-state index in [1.165, 1.54) is 28.8 Å². The van der Waals surface area contributed by atoms with Crippen molar-refractivity contribution in [1.82, 2.24) is 9.80 Å². The van der Waals surface area contributed by atoms with Crippen molar-refractivity contribution in [3.05, 3.63) is 75.3 Å². The number of benzene rings is 2. The number of rotatable bonds is 9. The third-order valence-corrected chi connectivity index (χ3v) is 10.2. The van der Waals surface area contributed by atoms with Gasteiger partial charge < -0.3 is 25.5 Å². The summed E-state index contributed by atoms with van der Waals surface area (Å²) < 4.78 is 0. The number of fused-ring (bicyclic) bond motifs is 1. The van der Waals surface area contributed by atoms with Crippen molar-refractivity contribution in [2.45, 2.75) is 64.1 Å². The van der Waals surface area contributed by atoms with Gasteiger partial charge in [-0.2, -0.15) is 0 Å². The Morgan fingerprint density at radius 2 is 1.81 bits per heavy atom. The number of likely N-dealkylation sites (tertiary alicyclic amines) is 1. The molecule has 6 atom stereocenters. The number of nitrogens with one attached hydrogen (secondary N) is 1. The number of anilines is 1. The van der Waals surface area contributed by atoms with Gasteiger partial charge in [0.15, 0.2) is 0 Å². The van der Waals surface area contributed by atoms with E-state index in [1.54, 1.807) is 19.1 Å². The fraction of sp³-hybridized carbons (Fsp3) is 0.419. The van der Waals surface area contributed by atoms with Crippen LogP contribution in [0.2, 0.25) is 0 Å². The van der Waals surface area contributed by atoms with Gasteiger partial charge in [0, 0.05) is 34.8 Å². The van der Waals surface area contributed by atoms with Crippen LogP contribution in [-0.2, 0) is 20.9 Å². The first-order valence-electron chi connectivity index (χ1n) is 14.0. The number of carbonyl (C=O) groups is 4. The van der Waals surface area contributed by atoms with Crippen molar-refractivity contribution in [2.24, 2.45) is 11.8 Å². The second-order valence-corrected chi connectivity index (χ2v) is 12.8. The largest absolute Gasteiger partial charge is 0.478 e. The summed E-state index contributed by atoms with van der Waals surface area (Å²) >= 11 is 1.40. The molecule has 0 radical (unpaired) electrons. The fourth-order valence-corrected chi connectivity index (χ4v) is 7.97. The summed E-state index contributed by atoms with van der Waals surface area (Å²) in [5, 5.41) is 32.3. The highest BCUT2D eigenvalue weighted by Crippen LogP contribution is 2.52. The smallest absolute Gasteiger partial charge is 0.353 e. The molecule has 0 bridgehead atoms. The number of aromatic carboxylic acids is 1. The van der Waals surface area contributed by atoms with E-state index < -0.39 is 36.0 Å². The first-order chi connectivity index (χ1) is 19.9. The summed E-state index contributed by atoms with van der Waals surface area (Å²) in [6, 6.07) is 11.2. The van der Waals surface area contributed by atoms with Crippen LogP contribution >= 0.6 is 11.8 Å². The Balaban J connectivity index is 1.41. The molecule has 5 rings (SSSR count). The number of thioether (sulfide) groups is 1. The summed E-state index contributed by atoms with van der Waals surface area (Å²) in [6.07, 6.45) is -0.450. The topological polar surface area (TPSA) is 147 Å². The molecule has 10 nitrogen and oxygen atoms in total. The summed E-state index contributed by atoms with van der Waals surface area (Å²) in [5.74, 6) is -3.82. The van der Waals surface area contributed by atoms with Gasteiger partial charge in [-0.15, -0.1) is 11.8 Å². The number of carboxylic acids is 2. The number of hydrogen-bond donors (Lipinski definition) is 4. The fourth-order valence-electron chi connectivity index (χ4n) is 6.41. The molecule has 2 aromatic carbocycles. The zero-order valence-electron chi connectivity index (χ0n) is 23.9. The van der Waals surface area contributed by atoms with Crippen LogP contribution in [0.1, 0.15) is 47.3 Å². The minimum Gasteiger partial charge on any atom is -0.478 e. The highest BCUT2D eigenvalue weighted by Gasteiger charge is 2.60. The van der Waals surface area contributed by atoms with Gasteiger partial charge in [-0.3, -0.25) is 14.5 Å². The Labute approximate surface area is 248 Å². The monoisotopic (exact) mass is 593 g/mol. The minimum absolute atomic E-state index is 0.0288. The molecule has 2 amide bonds. The summed E-state index contributed by atoms with van der Waals surface area (Å²) in [7, 11) is 0. The van der Waals surface area contributed by atoms with Crippen LogP contribution in [0.25, 0.3) is 0 Å². The molecular weight excluding hydrogens is 558 g/mol. The van der Waals surface area contributed by atoms with Gasteiger partial charge in [-0.05, 0) is 62.1 Å². The van der Waals surface area contributed by atoms with E-state index in [0.717, 1.165) is 16.7 Å². The number of aryl methyl sites for hydroxylation is 1. The zero-order chi connectivity index (χ0) is 30.5. The van der Waals surface area contributed by atoms with Crippen molar-refractivity contribution >= 4 is 41.2 Å². The van der Waals surface area contributed by atoms with E-state index in [1.807, 2.05) is 39.0 Å². The molecule has 3 aliphatic rings. The van der Waals surface area contributed by atoms with Gasteiger partial charge in [0.05, 0.1) is 29.7 Å². The second kappa shape index (κ2) is 11.5. The highest BCUT2D eigenvalue weighted by molar-refractivity contribution is 8.03. The normalized spacial score (nSPS) is 26.2. The Morgan fingerprint density at radius 1 is 1.10 bits per heavy atom. The molecule has 0 aliphatic carbocycles. The molecule has 2 fully saturated rings. The molecule has 0 spiro atoms. The molecule has 4 N–H and O–H groups in total. The number of aliphatic hydroxyl groups is 1. The Hall–Kier alpha value is -3.67. The number of aliphatic carboxylic acids is 1. The molecule has 0 aromatic heterocycles. The molecule has 42 heavy (non-hydrogen) atoms. The van der Waals surface area contributed by atoms with E-state index in [-0.39, 0.29) is 34.2 Å². The first kappa shape index (κ1) is 29.8. The van der Waals surface area contributed by atoms with E-state index in [0.29, 0.717) is 30.1 Å². The number of nitrogens with zero attached hydrogens (tertiary/aromatic N) is 2. The van der Waals surface area contributed by atoms with Crippen molar-refractivity contribution in [3.63, 3.8) is 0 Å². The molecule has 222 valence electrons. The van der Waals surface area contributed by atoms with Crippen LogP contribution in [0.3, 0.4) is 0 Å². The summed E-state index contributed by atoms with van der Waals surface area (Å²) in [6.45, 7) is 8.54. The molecule has 3 heterocycles. The van der Waals surface area contributed by atoms with E-state index >= 15 is 0 Å². The molecule has 0 saturated carbocycles. The lowest BCUT2D eigenvalue weighted by molar-refractivity contribution is -0.163. The molecule has 0 unspecified atom stereocenters. The van der Waals surface area contributed by atoms with Crippen molar-refractivity contribution in [1.29, 1.82) is 0 Å². The quantitative estimate of drug-likeness (QED) is 0.321. The number of carboxylic acid groups (broad SMARTS) is 2. The lowest BCUT2D eigenvalue weighted by Crippen LogP contribution is -2.63. The SMILES string of the molecule is Cc1cccc(CN2C[C@@H](SC3=C(C(=O)O)N4C(=O)[C@H]([C@@H](C)O)[C@H]4[C@H]3C)C[C@H]2C(=O)Nc2cccc(C(=O)O)c2)c1C. The molecular formula is C31H35N3O7S. The van der Waals surface area contributed by atoms with E-state index in [2.05, 4.69) is 10.2 Å². The third kappa shape index (κ3) is 5.32. The lowest BCUT2D eigenvalue weighted by atomic mass is 9.79. The summed E-state index contributed by atoms with van der Waals surface area (Å²) in [5.41, 5.74) is 3.78. The van der Waals surface area contributed by atoms with Crippen LogP contribution in [0.15, 0.2) is 53.1 Å². The number of amides is 2. The lowest BCUT2D eigenvalue weighted by Gasteiger charge is -2.46. The van der Waals surface area contributed by atoms with Gasteiger partial charge >= 0.3 is 11.9 Å². The maximum atomic E-state index is 13.6. The van der Waals surface area contributed by atoms with Gasteiger partial charge in [0.2, 0.25) is 11.8 Å². The Bertz CT molecular complexity index is 1490. The Morgan fingerprint density at radius 3 is 2.48 bits per heavy atom. The maximum absolute atomic E-state index is 13.6. The number of β-lactam (4-membered cyclic amide) rings is 1.